The lowest BCUT2D eigenvalue weighted by Crippen LogP contribution is -2.50. The number of alkyl halides is 3. The van der Waals surface area contributed by atoms with Gasteiger partial charge >= 0.3 is 12.3 Å². The van der Waals surface area contributed by atoms with Gasteiger partial charge in [-0.05, 0) is 55.3 Å². The van der Waals surface area contributed by atoms with Crippen LogP contribution in [0.15, 0.2) is 47.4 Å². The van der Waals surface area contributed by atoms with E-state index < -0.39 is 58.6 Å². The van der Waals surface area contributed by atoms with E-state index in [4.69, 9.17) is 9.84 Å². The summed E-state index contributed by atoms with van der Waals surface area (Å²) < 4.78 is 86.3. The first-order chi connectivity index (χ1) is 16.3. The van der Waals surface area contributed by atoms with E-state index in [9.17, 15) is 35.6 Å². The predicted octanol–water partition coefficient (Wildman–Crippen LogP) is 3.33. The fourth-order valence-electron chi connectivity index (χ4n) is 3.72. The first kappa shape index (κ1) is 24.6. The van der Waals surface area contributed by atoms with E-state index in [1.807, 2.05) is 0 Å². The van der Waals surface area contributed by atoms with Crippen LogP contribution in [0, 0.1) is 11.2 Å². The van der Waals surface area contributed by atoms with E-state index in [1.54, 1.807) is 0 Å². The van der Waals surface area contributed by atoms with Crippen LogP contribution in [-0.4, -0.2) is 50.9 Å². The number of sulfonamides is 1. The highest BCUT2D eigenvalue weighted by Crippen LogP contribution is 2.57. The molecule has 2 aliphatic rings. The van der Waals surface area contributed by atoms with E-state index in [-0.39, 0.29) is 34.9 Å². The maximum absolute atomic E-state index is 13.4. The number of rotatable bonds is 6. The average Bonchev–Trinajstić information content (AvgIpc) is 3.59. The number of benzene rings is 2. The van der Waals surface area contributed by atoms with Crippen molar-refractivity contribution in [3.05, 3.63) is 48.3 Å². The number of amides is 2. The Bertz CT molecular complexity index is 1260. The highest BCUT2D eigenvalue weighted by atomic mass is 32.2. The molecule has 1 fully saturated rings. The van der Waals surface area contributed by atoms with Crippen molar-refractivity contribution in [2.75, 3.05) is 22.7 Å². The lowest BCUT2D eigenvalue weighted by Gasteiger charge is -2.36. The summed E-state index contributed by atoms with van der Waals surface area (Å²) in [5, 5.41) is 13.3. The number of carbonyl (C=O) groups excluding carboxylic acids is 1. The minimum Gasteiger partial charge on any atom is -0.484 e. The zero-order valence-electron chi connectivity index (χ0n) is 17.8. The standard InChI is InChI=1S/C21H19F4N3O6S/c22-12-1-4-15(5-2-12)35(32,33)28-11-14(10-26-18(29)20(7-8-20)21(23,24)25)34-17-6-3-13(9-16(17)28)27-19(30)31/h1-6,9,14,27H,7-8,10-11H2,(H,26,29)(H,30,31). The number of hydrogen-bond donors (Lipinski definition) is 3. The van der Waals surface area contributed by atoms with E-state index in [2.05, 4.69) is 10.6 Å². The van der Waals surface area contributed by atoms with Gasteiger partial charge in [0.2, 0.25) is 5.91 Å². The molecule has 1 atom stereocenters. The van der Waals surface area contributed by atoms with Gasteiger partial charge in [-0.15, -0.1) is 0 Å². The molecule has 9 nitrogen and oxygen atoms in total. The van der Waals surface area contributed by atoms with Crippen molar-refractivity contribution in [1.29, 1.82) is 0 Å². The molecular formula is C21H19F4N3O6S. The van der Waals surface area contributed by atoms with E-state index in [1.165, 1.54) is 18.2 Å². The second-order valence-corrected chi connectivity index (χ2v) is 9.99. The van der Waals surface area contributed by atoms with Gasteiger partial charge in [-0.2, -0.15) is 13.2 Å². The Morgan fingerprint density at radius 2 is 1.80 bits per heavy atom. The SMILES string of the molecule is O=C(O)Nc1ccc2c(c1)N(S(=O)(=O)c1ccc(F)cc1)CC(CNC(=O)C1(C(F)(F)F)CC1)O2. The number of carbonyl (C=O) groups is 2. The molecule has 1 saturated carbocycles. The number of halogens is 4. The number of carboxylic acid groups (broad SMARTS) is 1. The smallest absolute Gasteiger partial charge is 0.409 e. The van der Waals surface area contributed by atoms with Crippen LogP contribution in [0.1, 0.15) is 12.8 Å². The maximum Gasteiger partial charge on any atom is 0.409 e. The summed E-state index contributed by atoms with van der Waals surface area (Å²) in [6.45, 7) is -0.830. The Labute approximate surface area is 196 Å². The van der Waals surface area contributed by atoms with E-state index in [0.29, 0.717) is 0 Å². The van der Waals surface area contributed by atoms with Crippen molar-refractivity contribution in [3.63, 3.8) is 0 Å². The molecule has 188 valence electrons. The maximum atomic E-state index is 13.4. The Morgan fingerprint density at radius 1 is 1.14 bits per heavy atom. The highest BCUT2D eigenvalue weighted by Gasteiger charge is 2.68. The average molecular weight is 517 g/mol. The quantitative estimate of drug-likeness (QED) is 0.505. The van der Waals surface area contributed by atoms with Crippen LogP contribution >= 0.6 is 0 Å². The Hall–Kier alpha value is -3.55. The molecule has 2 aromatic rings. The Balaban J connectivity index is 1.63. The van der Waals surface area contributed by atoms with Gasteiger partial charge in [0.1, 0.15) is 23.1 Å². The van der Waals surface area contributed by atoms with Crippen LogP contribution < -0.4 is 19.7 Å². The summed E-state index contributed by atoms with van der Waals surface area (Å²) in [5.41, 5.74) is -2.46. The molecule has 1 unspecified atom stereocenters. The van der Waals surface area contributed by atoms with Gasteiger partial charge < -0.3 is 15.2 Å². The number of hydrogen-bond acceptors (Lipinski definition) is 5. The van der Waals surface area contributed by atoms with Gasteiger partial charge in [0.05, 0.1) is 23.7 Å². The van der Waals surface area contributed by atoms with Crippen molar-refractivity contribution in [1.82, 2.24) is 5.32 Å². The molecule has 0 radical (unpaired) electrons. The van der Waals surface area contributed by atoms with Gasteiger partial charge in [0, 0.05) is 5.69 Å². The molecule has 2 aromatic carbocycles. The molecule has 2 amide bonds. The second kappa shape index (κ2) is 8.59. The molecule has 0 aromatic heterocycles. The lowest BCUT2D eigenvalue weighted by molar-refractivity contribution is -0.192. The summed E-state index contributed by atoms with van der Waals surface area (Å²) in [7, 11) is -4.33. The zero-order chi connectivity index (χ0) is 25.6. The first-order valence-corrected chi connectivity index (χ1v) is 11.7. The fourth-order valence-corrected chi connectivity index (χ4v) is 5.22. The topological polar surface area (TPSA) is 125 Å². The molecule has 14 heteroatoms. The second-order valence-electron chi connectivity index (χ2n) is 8.13. The van der Waals surface area contributed by atoms with Crippen molar-refractivity contribution in [2.24, 2.45) is 5.41 Å². The minimum absolute atomic E-state index is 0.00548. The van der Waals surface area contributed by atoms with Crippen LogP contribution in [0.2, 0.25) is 0 Å². The van der Waals surface area contributed by atoms with Gasteiger partial charge in [-0.1, -0.05) is 0 Å². The molecule has 35 heavy (non-hydrogen) atoms. The van der Waals surface area contributed by atoms with E-state index in [0.717, 1.165) is 28.6 Å². The van der Waals surface area contributed by atoms with Crippen LogP contribution in [-0.2, 0) is 14.8 Å². The monoisotopic (exact) mass is 517 g/mol. The van der Waals surface area contributed by atoms with Crippen LogP contribution in [0.5, 0.6) is 5.75 Å². The number of fused-ring (bicyclic) bond motifs is 1. The van der Waals surface area contributed by atoms with Crippen molar-refractivity contribution >= 4 is 33.4 Å². The molecule has 3 N–H and O–H groups in total. The number of nitrogens with zero attached hydrogens (tertiary/aromatic N) is 1. The molecule has 1 aliphatic carbocycles. The molecule has 1 aliphatic heterocycles. The van der Waals surface area contributed by atoms with Gasteiger partial charge in [-0.3, -0.25) is 14.4 Å². The third kappa shape index (κ3) is 4.70. The summed E-state index contributed by atoms with van der Waals surface area (Å²) in [4.78, 5) is 22.9. The lowest BCUT2D eigenvalue weighted by atomic mass is 10.1. The third-order valence-electron chi connectivity index (χ3n) is 5.76. The van der Waals surface area contributed by atoms with Gasteiger partial charge in [0.15, 0.2) is 0 Å². The van der Waals surface area contributed by atoms with Crippen molar-refractivity contribution < 1.29 is 45.4 Å². The highest BCUT2D eigenvalue weighted by molar-refractivity contribution is 7.92. The molecule has 4 rings (SSSR count). The normalized spacial score (nSPS) is 18.7. The van der Waals surface area contributed by atoms with Crippen molar-refractivity contribution in [2.45, 2.75) is 30.0 Å². The molecule has 0 spiro atoms. The minimum atomic E-state index is -4.71. The van der Waals surface area contributed by atoms with Crippen molar-refractivity contribution in [3.8, 4) is 5.75 Å². The van der Waals surface area contributed by atoms with E-state index >= 15 is 0 Å². The summed E-state index contributed by atoms with van der Waals surface area (Å²) in [6.07, 6.45) is -7.83. The number of ether oxygens (including phenoxy) is 1. The van der Waals surface area contributed by atoms with Gasteiger partial charge in [0.25, 0.3) is 10.0 Å². The van der Waals surface area contributed by atoms with Gasteiger partial charge in [-0.25, -0.2) is 17.6 Å². The Morgan fingerprint density at radius 3 is 2.37 bits per heavy atom. The first-order valence-electron chi connectivity index (χ1n) is 10.3. The van der Waals surface area contributed by atoms with Crippen LogP contribution in [0.3, 0.4) is 0 Å². The zero-order valence-corrected chi connectivity index (χ0v) is 18.6. The third-order valence-corrected chi connectivity index (χ3v) is 7.56. The summed E-state index contributed by atoms with van der Waals surface area (Å²) in [5.74, 6) is -1.89. The summed E-state index contributed by atoms with van der Waals surface area (Å²) >= 11 is 0. The van der Waals surface area contributed by atoms with Crippen LogP contribution in [0.4, 0.5) is 33.7 Å². The number of anilines is 2. The molecule has 0 bridgehead atoms. The molecule has 0 saturated heterocycles. The largest absolute Gasteiger partial charge is 0.484 e. The van der Waals surface area contributed by atoms with Crippen LogP contribution in [0.25, 0.3) is 0 Å². The number of nitrogens with one attached hydrogen (secondary N) is 2. The Kier molecular flexibility index (Phi) is 6.03. The fraction of sp³-hybridized carbons (Fsp3) is 0.333. The predicted molar refractivity (Wildman–Crippen MR) is 114 cm³/mol. The molecular weight excluding hydrogens is 498 g/mol. The summed E-state index contributed by atoms with van der Waals surface area (Å²) in [6, 6.07) is 7.77. The molecule has 1 heterocycles.